The number of hydrogen-bond acceptors (Lipinski definition) is 4. The number of amides is 2. The summed E-state index contributed by atoms with van der Waals surface area (Å²) in [6, 6.07) is 5.80. The highest BCUT2D eigenvalue weighted by molar-refractivity contribution is 6.11. The van der Waals surface area contributed by atoms with Crippen molar-refractivity contribution in [1.82, 2.24) is 10.6 Å². The summed E-state index contributed by atoms with van der Waals surface area (Å²) in [7, 11) is 0.884. The van der Waals surface area contributed by atoms with E-state index in [1.807, 2.05) is 5.32 Å². The number of halogens is 3. The first kappa shape index (κ1) is 18.5. The van der Waals surface area contributed by atoms with Crippen LogP contribution in [0.5, 0.6) is 0 Å². The van der Waals surface area contributed by atoms with Crippen molar-refractivity contribution in [2.75, 3.05) is 7.11 Å². The van der Waals surface area contributed by atoms with Gasteiger partial charge in [-0.2, -0.15) is 13.2 Å². The van der Waals surface area contributed by atoms with E-state index in [2.05, 4.69) is 4.74 Å². The Morgan fingerprint density at radius 2 is 1.88 bits per heavy atom. The number of carbonyl (C=O) groups is 3. The van der Waals surface area contributed by atoms with Crippen LogP contribution in [0.4, 0.5) is 13.2 Å². The van der Waals surface area contributed by atoms with Crippen molar-refractivity contribution in [1.29, 1.82) is 0 Å². The molecule has 6 nitrogen and oxygen atoms in total. The van der Waals surface area contributed by atoms with Crippen molar-refractivity contribution in [3.8, 4) is 0 Å². The summed E-state index contributed by atoms with van der Waals surface area (Å²) in [5.74, 6) is -4.08. The molecule has 1 heterocycles. The molecule has 134 valence electrons. The molecule has 0 aliphatic carbocycles. The molecule has 1 aliphatic rings. The number of aryl methyl sites for hydroxylation is 1. The molecular weight excluding hydrogens is 341 g/mol. The number of esters is 1. The zero-order valence-corrected chi connectivity index (χ0v) is 13.6. The third-order valence-corrected chi connectivity index (χ3v) is 3.79. The third-order valence-electron chi connectivity index (χ3n) is 3.79. The van der Waals surface area contributed by atoms with E-state index >= 15 is 0 Å². The van der Waals surface area contributed by atoms with Crippen molar-refractivity contribution in [2.45, 2.75) is 25.6 Å². The number of alkyl halides is 3. The molecule has 2 amide bonds. The van der Waals surface area contributed by atoms with Crippen LogP contribution in [-0.4, -0.2) is 36.6 Å². The molecule has 25 heavy (non-hydrogen) atoms. The number of allylic oxidation sites excluding steroid dienone is 1. The van der Waals surface area contributed by atoms with E-state index in [1.54, 1.807) is 18.3 Å². The Labute approximate surface area is 141 Å². The van der Waals surface area contributed by atoms with Gasteiger partial charge in [-0.05, 0) is 26.0 Å². The van der Waals surface area contributed by atoms with Gasteiger partial charge in [-0.15, -0.1) is 0 Å². The SMILES string of the molecule is COC(=O)C1=C(C)NC(=O)[C@@]1(NC(=O)c1cccc(C)c1)C(F)(F)F. The molecule has 0 aromatic heterocycles. The average molecular weight is 356 g/mol. The van der Waals surface area contributed by atoms with Crippen molar-refractivity contribution < 1.29 is 32.3 Å². The predicted octanol–water partition coefficient (Wildman–Crippen LogP) is 1.60. The number of rotatable bonds is 3. The molecule has 0 bridgehead atoms. The lowest BCUT2D eigenvalue weighted by Gasteiger charge is -2.31. The summed E-state index contributed by atoms with van der Waals surface area (Å²) in [5.41, 5.74) is -4.28. The molecule has 1 atom stereocenters. The Morgan fingerprint density at radius 3 is 2.40 bits per heavy atom. The van der Waals surface area contributed by atoms with Crippen LogP contribution in [0.3, 0.4) is 0 Å². The van der Waals surface area contributed by atoms with Crippen LogP contribution in [0.15, 0.2) is 35.5 Å². The molecule has 2 N–H and O–H groups in total. The Hall–Kier alpha value is -2.84. The Kier molecular flexibility index (Phi) is 4.61. The maximum absolute atomic E-state index is 13.8. The number of carbonyl (C=O) groups excluding carboxylic acids is 3. The highest BCUT2D eigenvalue weighted by Gasteiger charge is 2.69. The van der Waals surface area contributed by atoms with Crippen molar-refractivity contribution in [3.63, 3.8) is 0 Å². The summed E-state index contributed by atoms with van der Waals surface area (Å²) >= 11 is 0. The van der Waals surface area contributed by atoms with E-state index in [-0.39, 0.29) is 11.3 Å². The van der Waals surface area contributed by atoms with Gasteiger partial charge in [-0.3, -0.25) is 9.59 Å². The normalized spacial score (nSPS) is 20.3. The van der Waals surface area contributed by atoms with E-state index in [4.69, 9.17) is 0 Å². The third kappa shape index (κ3) is 2.97. The molecular formula is C16H15F3N2O4. The minimum absolute atomic E-state index is 0.0785. The number of hydrogen-bond donors (Lipinski definition) is 2. The molecule has 1 aromatic carbocycles. The lowest BCUT2D eigenvalue weighted by atomic mass is 9.88. The van der Waals surface area contributed by atoms with Crippen molar-refractivity contribution >= 4 is 17.8 Å². The zero-order valence-electron chi connectivity index (χ0n) is 13.6. The lowest BCUT2D eigenvalue weighted by Crippen LogP contribution is -2.66. The van der Waals surface area contributed by atoms with E-state index < -0.39 is 35.1 Å². The van der Waals surface area contributed by atoms with Crippen molar-refractivity contribution in [3.05, 3.63) is 46.7 Å². The van der Waals surface area contributed by atoms with Gasteiger partial charge in [0.05, 0.1) is 7.11 Å². The van der Waals surface area contributed by atoms with Crippen molar-refractivity contribution in [2.24, 2.45) is 0 Å². The molecule has 0 radical (unpaired) electrons. The monoisotopic (exact) mass is 356 g/mol. The molecule has 9 heteroatoms. The Morgan fingerprint density at radius 1 is 1.24 bits per heavy atom. The van der Waals surface area contributed by atoms with Gasteiger partial charge in [-0.1, -0.05) is 17.7 Å². The quantitative estimate of drug-likeness (QED) is 0.806. The largest absolute Gasteiger partial charge is 0.466 e. The zero-order chi connectivity index (χ0) is 19.0. The van der Waals surface area contributed by atoms with Gasteiger partial charge in [0, 0.05) is 11.3 Å². The van der Waals surface area contributed by atoms with Gasteiger partial charge in [0.1, 0.15) is 5.57 Å². The summed E-state index contributed by atoms with van der Waals surface area (Å²) in [4.78, 5) is 36.4. The second-order valence-electron chi connectivity index (χ2n) is 5.52. The first-order chi connectivity index (χ1) is 11.5. The fraction of sp³-hybridized carbons (Fsp3) is 0.312. The standard InChI is InChI=1S/C16H15F3N2O4/c1-8-5-4-6-10(7-8)12(22)21-15(16(17,18)19)11(13(23)25-3)9(2)20-14(15)24/h4-7H,1-3H3,(H,20,24)(H,21,22)/t15-/m1/s1. The van der Waals surface area contributed by atoms with Gasteiger partial charge < -0.3 is 15.4 Å². The van der Waals surface area contributed by atoms with Gasteiger partial charge in [0.15, 0.2) is 0 Å². The summed E-state index contributed by atoms with van der Waals surface area (Å²) < 4.78 is 45.8. The molecule has 0 fully saturated rings. The molecule has 0 spiro atoms. The minimum Gasteiger partial charge on any atom is -0.466 e. The number of methoxy groups -OCH3 is 1. The first-order valence-electron chi connectivity index (χ1n) is 7.11. The summed E-state index contributed by atoms with van der Waals surface area (Å²) in [6.45, 7) is 2.78. The van der Waals surface area contributed by atoms with Crippen LogP contribution < -0.4 is 10.6 Å². The van der Waals surface area contributed by atoms with Gasteiger partial charge in [-0.25, -0.2) is 4.79 Å². The van der Waals surface area contributed by atoms with Gasteiger partial charge in [0.2, 0.25) is 5.54 Å². The van der Waals surface area contributed by atoms with Crippen LogP contribution in [0.25, 0.3) is 0 Å². The van der Waals surface area contributed by atoms with Crippen LogP contribution >= 0.6 is 0 Å². The van der Waals surface area contributed by atoms with E-state index in [9.17, 15) is 27.6 Å². The highest BCUT2D eigenvalue weighted by atomic mass is 19.4. The van der Waals surface area contributed by atoms with E-state index in [0.29, 0.717) is 5.56 Å². The predicted molar refractivity (Wildman–Crippen MR) is 80.3 cm³/mol. The first-order valence-corrected chi connectivity index (χ1v) is 7.11. The fourth-order valence-electron chi connectivity index (χ4n) is 2.62. The Balaban J connectivity index is 2.58. The topological polar surface area (TPSA) is 84.5 Å². The Bertz CT molecular complexity index is 786. The lowest BCUT2D eigenvalue weighted by molar-refractivity contribution is -0.188. The van der Waals surface area contributed by atoms with Crippen LogP contribution in [0.2, 0.25) is 0 Å². The fourth-order valence-corrected chi connectivity index (χ4v) is 2.62. The number of benzene rings is 1. The molecule has 0 saturated carbocycles. The second-order valence-corrected chi connectivity index (χ2v) is 5.52. The maximum Gasteiger partial charge on any atom is 0.425 e. The molecule has 1 aromatic rings. The van der Waals surface area contributed by atoms with Crippen LogP contribution in [-0.2, 0) is 14.3 Å². The molecule has 2 rings (SSSR count). The summed E-state index contributed by atoms with van der Waals surface area (Å²) in [5, 5.41) is 3.64. The smallest absolute Gasteiger partial charge is 0.425 e. The highest BCUT2D eigenvalue weighted by Crippen LogP contribution is 2.41. The number of nitrogens with one attached hydrogen (secondary N) is 2. The van der Waals surface area contributed by atoms with Crippen LogP contribution in [0.1, 0.15) is 22.8 Å². The van der Waals surface area contributed by atoms with E-state index in [1.165, 1.54) is 18.2 Å². The second kappa shape index (κ2) is 6.23. The molecule has 0 saturated heterocycles. The average Bonchev–Trinajstić information content (AvgIpc) is 2.77. The summed E-state index contributed by atoms with van der Waals surface area (Å²) in [6.07, 6.45) is -5.27. The van der Waals surface area contributed by atoms with Gasteiger partial charge in [0.25, 0.3) is 11.8 Å². The van der Waals surface area contributed by atoms with E-state index in [0.717, 1.165) is 14.0 Å². The number of ether oxygens (including phenoxy) is 1. The molecule has 1 aliphatic heterocycles. The maximum atomic E-state index is 13.8. The molecule has 0 unspecified atom stereocenters. The minimum atomic E-state index is -5.27. The van der Waals surface area contributed by atoms with Gasteiger partial charge >= 0.3 is 12.1 Å². The van der Waals surface area contributed by atoms with Crippen LogP contribution in [0, 0.1) is 6.92 Å².